The van der Waals surface area contributed by atoms with E-state index in [4.69, 9.17) is 4.52 Å². The summed E-state index contributed by atoms with van der Waals surface area (Å²) in [7, 11) is 0. The van der Waals surface area contributed by atoms with Gasteiger partial charge < -0.3 is 15.2 Å². The van der Waals surface area contributed by atoms with E-state index in [1.807, 2.05) is 6.92 Å². The highest BCUT2D eigenvalue weighted by molar-refractivity contribution is 5.90. The third-order valence-electron chi connectivity index (χ3n) is 3.17. The first-order valence-electron chi connectivity index (χ1n) is 6.61. The number of amides is 1. The van der Waals surface area contributed by atoms with Gasteiger partial charge in [-0.05, 0) is 45.2 Å². The quantitative estimate of drug-likeness (QED) is 0.808. The van der Waals surface area contributed by atoms with Crippen molar-refractivity contribution in [3.63, 3.8) is 0 Å². The molecule has 1 saturated heterocycles. The Bertz CT molecular complexity index is 385. The number of piperidine rings is 1. The van der Waals surface area contributed by atoms with Gasteiger partial charge in [0.1, 0.15) is 0 Å². The van der Waals surface area contributed by atoms with E-state index in [2.05, 4.69) is 20.8 Å². The first kappa shape index (κ1) is 13.0. The van der Waals surface area contributed by atoms with Crippen LogP contribution in [-0.2, 0) is 6.42 Å². The van der Waals surface area contributed by atoms with Crippen molar-refractivity contribution in [1.82, 2.24) is 20.8 Å². The average Bonchev–Trinajstić information content (AvgIpc) is 2.87. The fraction of sp³-hybridized carbons (Fsp3) is 0.750. The van der Waals surface area contributed by atoms with Gasteiger partial charge in [-0.3, -0.25) is 4.79 Å². The smallest absolute Gasteiger partial charge is 0.292 e. The standard InChI is InChI=1S/C12H20N4O2/c1-2-14-12(17)11-15-10(18-16-11)6-5-9-4-3-7-13-8-9/h9,13H,2-8H2,1H3,(H,14,17). The van der Waals surface area contributed by atoms with Crippen LogP contribution in [-0.4, -0.2) is 35.7 Å². The highest BCUT2D eigenvalue weighted by atomic mass is 16.5. The predicted octanol–water partition coefficient (Wildman–Crippen LogP) is 0.752. The molecule has 18 heavy (non-hydrogen) atoms. The summed E-state index contributed by atoms with van der Waals surface area (Å²) < 4.78 is 5.08. The molecule has 2 heterocycles. The molecular formula is C12H20N4O2. The van der Waals surface area contributed by atoms with E-state index < -0.39 is 0 Å². The second-order valence-corrected chi connectivity index (χ2v) is 4.62. The number of carbonyl (C=O) groups is 1. The third-order valence-corrected chi connectivity index (χ3v) is 3.17. The summed E-state index contributed by atoms with van der Waals surface area (Å²) in [4.78, 5) is 15.6. The van der Waals surface area contributed by atoms with Crippen molar-refractivity contribution in [3.8, 4) is 0 Å². The molecule has 0 aromatic carbocycles. The molecule has 2 rings (SSSR count). The molecule has 1 amide bonds. The Morgan fingerprint density at radius 3 is 3.22 bits per heavy atom. The fourth-order valence-electron chi connectivity index (χ4n) is 2.19. The summed E-state index contributed by atoms with van der Waals surface area (Å²) in [5.74, 6) is 1.10. The molecule has 1 aromatic heterocycles. The molecule has 1 fully saturated rings. The number of carbonyl (C=O) groups excluding carboxylic acids is 1. The van der Waals surface area contributed by atoms with Crippen LogP contribution in [0.5, 0.6) is 0 Å². The van der Waals surface area contributed by atoms with Crippen LogP contribution < -0.4 is 10.6 Å². The first-order chi connectivity index (χ1) is 8.79. The Kier molecular flexibility index (Phi) is 4.69. The van der Waals surface area contributed by atoms with Gasteiger partial charge in [-0.2, -0.15) is 4.98 Å². The van der Waals surface area contributed by atoms with E-state index in [-0.39, 0.29) is 11.7 Å². The van der Waals surface area contributed by atoms with Crippen LogP contribution in [0.25, 0.3) is 0 Å². The van der Waals surface area contributed by atoms with Crippen LogP contribution in [0, 0.1) is 5.92 Å². The molecule has 0 spiro atoms. The van der Waals surface area contributed by atoms with E-state index in [1.165, 1.54) is 12.8 Å². The Morgan fingerprint density at radius 1 is 1.61 bits per heavy atom. The van der Waals surface area contributed by atoms with E-state index in [0.29, 0.717) is 18.4 Å². The normalized spacial score (nSPS) is 19.7. The maximum atomic E-state index is 11.5. The molecule has 1 aromatic rings. The predicted molar refractivity (Wildman–Crippen MR) is 66.2 cm³/mol. The minimum Gasteiger partial charge on any atom is -0.349 e. The van der Waals surface area contributed by atoms with Gasteiger partial charge >= 0.3 is 0 Å². The topological polar surface area (TPSA) is 80.0 Å². The highest BCUT2D eigenvalue weighted by Gasteiger charge is 2.17. The molecule has 1 aliphatic heterocycles. The van der Waals surface area contributed by atoms with Gasteiger partial charge in [-0.25, -0.2) is 0 Å². The molecule has 1 aliphatic rings. The largest absolute Gasteiger partial charge is 0.349 e. The van der Waals surface area contributed by atoms with Crippen LogP contribution in [0.15, 0.2) is 4.52 Å². The maximum absolute atomic E-state index is 11.5. The minimum absolute atomic E-state index is 0.133. The number of hydrogen-bond donors (Lipinski definition) is 2. The lowest BCUT2D eigenvalue weighted by molar-refractivity contribution is 0.0942. The Morgan fingerprint density at radius 2 is 2.50 bits per heavy atom. The molecule has 0 radical (unpaired) electrons. The lowest BCUT2D eigenvalue weighted by Gasteiger charge is -2.21. The van der Waals surface area contributed by atoms with Crippen molar-refractivity contribution >= 4 is 5.91 Å². The number of aryl methyl sites for hydroxylation is 1. The Hall–Kier alpha value is -1.43. The monoisotopic (exact) mass is 252 g/mol. The van der Waals surface area contributed by atoms with E-state index in [1.54, 1.807) is 0 Å². The summed E-state index contributed by atoms with van der Waals surface area (Å²) in [6.07, 6.45) is 4.27. The second-order valence-electron chi connectivity index (χ2n) is 4.62. The molecular weight excluding hydrogens is 232 g/mol. The molecule has 0 aliphatic carbocycles. The van der Waals surface area contributed by atoms with Crippen molar-refractivity contribution in [2.45, 2.75) is 32.6 Å². The van der Waals surface area contributed by atoms with Crippen LogP contribution in [0.1, 0.15) is 42.7 Å². The highest BCUT2D eigenvalue weighted by Crippen LogP contribution is 2.16. The summed E-state index contributed by atoms with van der Waals surface area (Å²) in [6.45, 7) is 4.61. The number of hydrogen-bond acceptors (Lipinski definition) is 5. The SMILES string of the molecule is CCNC(=O)c1noc(CCC2CCCNC2)n1. The number of rotatable bonds is 5. The zero-order valence-electron chi connectivity index (χ0n) is 10.7. The van der Waals surface area contributed by atoms with Crippen molar-refractivity contribution in [2.24, 2.45) is 5.92 Å². The number of aromatic nitrogens is 2. The fourth-order valence-corrected chi connectivity index (χ4v) is 2.19. The Balaban J connectivity index is 1.80. The molecule has 0 bridgehead atoms. The van der Waals surface area contributed by atoms with E-state index in [9.17, 15) is 4.79 Å². The van der Waals surface area contributed by atoms with Crippen LogP contribution in [0.4, 0.5) is 0 Å². The van der Waals surface area contributed by atoms with Gasteiger partial charge in [0, 0.05) is 13.0 Å². The van der Waals surface area contributed by atoms with Crippen LogP contribution in [0.3, 0.4) is 0 Å². The van der Waals surface area contributed by atoms with Crippen LogP contribution >= 0.6 is 0 Å². The summed E-state index contributed by atoms with van der Waals surface area (Å²) in [5, 5.41) is 9.71. The number of nitrogens with one attached hydrogen (secondary N) is 2. The first-order valence-corrected chi connectivity index (χ1v) is 6.61. The van der Waals surface area contributed by atoms with Gasteiger partial charge in [0.2, 0.25) is 5.89 Å². The van der Waals surface area contributed by atoms with Crippen molar-refractivity contribution in [1.29, 1.82) is 0 Å². The summed E-state index contributed by atoms with van der Waals surface area (Å²) >= 11 is 0. The van der Waals surface area contributed by atoms with E-state index >= 15 is 0 Å². The molecule has 6 nitrogen and oxygen atoms in total. The molecule has 1 atom stereocenters. The second kappa shape index (κ2) is 6.49. The van der Waals surface area contributed by atoms with Gasteiger partial charge in [0.25, 0.3) is 11.7 Å². The van der Waals surface area contributed by atoms with E-state index in [0.717, 1.165) is 25.9 Å². The van der Waals surface area contributed by atoms with Crippen LogP contribution in [0.2, 0.25) is 0 Å². The van der Waals surface area contributed by atoms with Gasteiger partial charge in [-0.15, -0.1) is 0 Å². The summed E-state index contributed by atoms with van der Waals surface area (Å²) in [6, 6.07) is 0. The third kappa shape index (κ3) is 3.53. The lowest BCUT2D eigenvalue weighted by Crippen LogP contribution is -2.29. The maximum Gasteiger partial charge on any atom is 0.292 e. The van der Waals surface area contributed by atoms with Gasteiger partial charge in [0.05, 0.1) is 0 Å². The number of nitrogens with zero attached hydrogens (tertiary/aromatic N) is 2. The molecule has 2 N–H and O–H groups in total. The van der Waals surface area contributed by atoms with Gasteiger partial charge in [0.15, 0.2) is 0 Å². The minimum atomic E-state index is -0.271. The van der Waals surface area contributed by atoms with Crippen molar-refractivity contribution < 1.29 is 9.32 Å². The molecule has 1 unspecified atom stereocenters. The van der Waals surface area contributed by atoms with Gasteiger partial charge in [-0.1, -0.05) is 5.16 Å². The Labute approximate surface area is 107 Å². The zero-order chi connectivity index (χ0) is 12.8. The zero-order valence-corrected chi connectivity index (χ0v) is 10.7. The average molecular weight is 252 g/mol. The van der Waals surface area contributed by atoms with Crippen molar-refractivity contribution in [2.75, 3.05) is 19.6 Å². The lowest BCUT2D eigenvalue weighted by atomic mass is 9.95. The molecule has 100 valence electrons. The molecule has 6 heteroatoms. The van der Waals surface area contributed by atoms with Crippen molar-refractivity contribution in [3.05, 3.63) is 11.7 Å². The summed E-state index contributed by atoms with van der Waals surface area (Å²) in [5.41, 5.74) is 0. The molecule has 0 saturated carbocycles.